The predicted octanol–water partition coefficient (Wildman–Crippen LogP) is 3.97. The molecule has 0 radical (unpaired) electrons. The van der Waals surface area contributed by atoms with E-state index >= 15 is 0 Å². The third-order valence-corrected chi connectivity index (χ3v) is 4.79. The van der Waals surface area contributed by atoms with Crippen LogP contribution < -0.4 is 11.2 Å². The van der Waals surface area contributed by atoms with Crippen LogP contribution in [0.3, 0.4) is 0 Å². The van der Waals surface area contributed by atoms with Gasteiger partial charge in [-0.05, 0) is 67.2 Å². The third kappa shape index (κ3) is 4.46. The summed E-state index contributed by atoms with van der Waals surface area (Å²) in [6.45, 7) is 1.97. The largest absolute Gasteiger partial charge is 0.405 e. The lowest BCUT2D eigenvalue weighted by Crippen LogP contribution is -2.20. The number of hydrogen-bond donors (Lipinski definition) is 1. The third-order valence-electron chi connectivity index (χ3n) is 4.56. The first kappa shape index (κ1) is 20.3. The maximum absolute atomic E-state index is 12.6. The molecule has 2 heterocycles. The molecule has 0 fully saturated rings. The zero-order chi connectivity index (χ0) is 21.8. The van der Waals surface area contributed by atoms with Gasteiger partial charge >= 0.3 is 0 Å². The minimum Gasteiger partial charge on any atom is -0.405 e. The fourth-order valence-electron chi connectivity index (χ4n) is 3.12. The van der Waals surface area contributed by atoms with Crippen molar-refractivity contribution in [3.8, 4) is 11.4 Å². The van der Waals surface area contributed by atoms with E-state index in [0.29, 0.717) is 16.4 Å². The van der Waals surface area contributed by atoms with Gasteiger partial charge in [0.15, 0.2) is 5.69 Å². The summed E-state index contributed by atoms with van der Waals surface area (Å²) in [7, 11) is 0. The SMILES string of the molecule is Cc1cc(-n2cccn2)ccc1-n1ccc(=O)c(C(C=CN)=Nc2cccc(Cl)c2)n1. The lowest BCUT2D eigenvalue weighted by atomic mass is 10.1. The molecule has 4 rings (SSSR count). The van der Waals surface area contributed by atoms with Crippen LogP contribution in [0.15, 0.2) is 95.3 Å². The lowest BCUT2D eigenvalue weighted by Gasteiger charge is -2.12. The number of aliphatic imine (C=N–C) groups is 1. The molecule has 0 amide bonds. The van der Waals surface area contributed by atoms with Crippen molar-refractivity contribution in [2.24, 2.45) is 10.7 Å². The zero-order valence-electron chi connectivity index (χ0n) is 16.7. The number of halogens is 1. The Morgan fingerprint density at radius 3 is 2.68 bits per heavy atom. The van der Waals surface area contributed by atoms with Gasteiger partial charge in [-0.3, -0.25) is 4.79 Å². The van der Waals surface area contributed by atoms with Crippen molar-refractivity contribution in [3.63, 3.8) is 0 Å². The van der Waals surface area contributed by atoms with E-state index in [-0.39, 0.29) is 11.1 Å². The second-order valence-corrected chi connectivity index (χ2v) is 7.17. The summed E-state index contributed by atoms with van der Waals surface area (Å²) in [6, 6.07) is 16.2. The van der Waals surface area contributed by atoms with Gasteiger partial charge in [-0.15, -0.1) is 0 Å². The molecule has 0 spiro atoms. The highest BCUT2D eigenvalue weighted by molar-refractivity contribution is 6.30. The lowest BCUT2D eigenvalue weighted by molar-refractivity contribution is 0.819. The van der Waals surface area contributed by atoms with Crippen molar-refractivity contribution < 1.29 is 0 Å². The van der Waals surface area contributed by atoms with Gasteiger partial charge in [0, 0.05) is 29.7 Å². The molecule has 7 nitrogen and oxygen atoms in total. The van der Waals surface area contributed by atoms with Crippen LogP contribution in [0.4, 0.5) is 5.69 Å². The van der Waals surface area contributed by atoms with Crippen LogP contribution in [0.25, 0.3) is 11.4 Å². The Kier molecular flexibility index (Phi) is 5.77. The summed E-state index contributed by atoms with van der Waals surface area (Å²) in [4.78, 5) is 17.1. The van der Waals surface area contributed by atoms with Gasteiger partial charge in [-0.1, -0.05) is 17.7 Å². The van der Waals surface area contributed by atoms with Crippen molar-refractivity contribution in [1.29, 1.82) is 0 Å². The summed E-state index contributed by atoms with van der Waals surface area (Å²) in [5.74, 6) is 0. The van der Waals surface area contributed by atoms with E-state index < -0.39 is 0 Å². The van der Waals surface area contributed by atoms with Gasteiger partial charge < -0.3 is 5.73 Å². The number of nitrogens with two attached hydrogens (primary N) is 1. The van der Waals surface area contributed by atoms with Gasteiger partial charge in [0.05, 0.1) is 22.8 Å². The Hall–Kier alpha value is -3.97. The molecule has 0 aliphatic heterocycles. The van der Waals surface area contributed by atoms with E-state index in [0.717, 1.165) is 16.9 Å². The first-order valence-corrected chi connectivity index (χ1v) is 9.87. The molecule has 2 N–H and O–H groups in total. The molecule has 0 unspecified atom stereocenters. The number of nitrogens with zero attached hydrogens (tertiary/aromatic N) is 5. The predicted molar refractivity (Wildman–Crippen MR) is 123 cm³/mol. The number of aromatic nitrogens is 4. The normalized spacial score (nSPS) is 11.9. The fourth-order valence-corrected chi connectivity index (χ4v) is 3.31. The first-order valence-electron chi connectivity index (χ1n) is 9.49. The Balaban J connectivity index is 1.78. The van der Waals surface area contributed by atoms with Crippen molar-refractivity contribution >= 4 is 23.0 Å². The Labute approximate surface area is 183 Å². The van der Waals surface area contributed by atoms with Crippen LogP contribution in [0, 0.1) is 6.92 Å². The van der Waals surface area contributed by atoms with Crippen LogP contribution in [0.5, 0.6) is 0 Å². The average molecular weight is 431 g/mol. The smallest absolute Gasteiger partial charge is 0.209 e. The van der Waals surface area contributed by atoms with Crippen LogP contribution >= 0.6 is 11.6 Å². The van der Waals surface area contributed by atoms with Gasteiger partial charge in [0.1, 0.15) is 0 Å². The summed E-state index contributed by atoms with van der Waals surface area (Å²) >= 11 is 6.06. The Morgan fingerprint density at radius 1 is 1.10 bits per heavy atom. The average Bonchev–Trinajstić information content (AvgIpc) is 3.29. The second kappa shape index (κ2) is 8.81. The summed E-state index contributed by atoms with van der Waals surface area (Å²) in [6.07, 6.45) is 8.10. The Morgan fingerprint density at radius 2 is 1.97 bits per heavy atom. The topological polar surface area (TPSA) is 91.1 Å². The quantitative estimate of drug-likeness (QED) is 0.485. The molecule has 8 heteroatoms. The van der Waals surface area contributed by atoms with Crippen molar-refractivity contribution in [3.05, 3.63) is 112 Å². The van der Waals surface area contributed by atoms with Crippen molar-refractivity contribution in [2.75, 3.05) is 0 Å². The maximum atomic E-state index is 12.6. The summed E-state index contributed by atoms with van der Waals surface area (Å²) in [5, 5.41) is 9.34. The van der Waals surface area contributed by atoms with Crippen LogP contribution in [-0.2, 0) is 0 Å². The molecule has 2 aromatic heterocycles. The molecular formula is C23H19ClN6O. The molecule has 0 saturated carbocycles. The van der Waals surface area contributed by atoms with E-state index in [1.807, 2.05) is 37.4 Å². The molecule has 0 saturated heterocycles. The zero-order valence-corrected chi connectivity index (χ0v) is 17.4. The van der Waals surface area contributed by atoms with Gasteiger partial charge in [-0.25, -0.2) is 14.4 Å². The number of rotatable bonds is 5. The fraction of sp³-hybridized carbons (Fsp3) is 0.0435. The maximum Gasteiger partial charge on any atom is 0.209 e. The van der Waals surface area contributed by atoms with Crippen LogP contribution in [0.2, 0.25) is 5.02 Å². The highest BCUT2D eigenvalue weighted by Crippen LogP contribution is 2.20. The van der Waals surface area contributed by atoms with Crippen LogP contribution in [-0.4, -0.2) is 25.3 Å². The van der Waals surface area contributed by atoms with E-state index in [4.69, 9.17) is 17.3 Å². The Bertz CT molecular complexity index is 1340. The molecule has 0 aliphatic rings. The van der Waals surface area contributed by atoms with Gasteiger partial charge in [0.25, 0.3) is 0 Å². The number of allylic oxidation sites excluding steroid dienone is 1. The molecular weight excluding hydrogens is 412 g/mol. The molecule has 31 heavy (non-hydrogen) atoms. The van der Waals surface area contributed by atoms with Crippen molar-refractivity contribution in [1.82, 2.24) is 19.6 Å². The molecule has 0 aliphatic carbocycles. The summed E-state index contributed by atoms with van der Waals surface area (Å²) < 4.78 is 3.43. The second-order valence-electron chi connectivity index (χ2n) is 6.73. The molecule has 4 aromatic rings. The van der Waals surface area contributed by atoms with E-state index in [1.165, 1.54) is 12.3 Å². The first-order chi connectivity index (χ1) is 15.0. The van der Waals surface area contributed by atoms with Gasteiger partial charge in [-0.2, -0.15) is 10.2 Å². The van der Waals surface area contributed by atoms with Gasteiger partial charge in [0.2, 0.25) is 5.43 Å². The van der Waals surface area contributed by atoms with E-state index in [9.17, 15) is 4.79 Å². The number of benzene rings is 2. The monoisotopic (exact) mass is 430 g/mol. The molecule has 2 aromatic carbocycles. The molecule has 0 atom stereocenters. The highest BCUT2D eigenvalue weighted by Gasteiger charge is 2.11. The van der Waals surface area contributed by atoms with Crippen LogP contribution in [0.1, 0.15) is 11.3 Å². The number of hydrogen-bond acceptors (Lipinski definition) is 5. The molecule has 154 valence electrons. The minimum atomic E-state index is -0.263. The molecule has 0 bridgehead atoms. The number of aryl methyl sites for hydroxylation is 1. The minimum absolute atomic E-state index is 0.180. The standard InChI is InChI=1S/C23H19ClN6O/c1-16-14-19(29-12-3-11-26-29)6-7-21(16)30-13-9-22(31)23(28-30)20(8-10-25)27-18-5-2-4-17(24)15-18/h2-15H,25H2,1H3. The van der Waals surface area contributed by atoms with Crippen molar-refractivity contribution in [2.45, 2.75) is 6.92 Å². The highest BCUT2D eigenvalue weighted by atomic mass is 35.5. The van der Waals surface area contributed by atoms with E-state index in [2.05, 4.69) is 15.2 Å². The van der Waals surface area contributed by atoms with E-state index in [1.54, 1.807) is 52.1 Å². The summed E-state index contributed by atoms with van der Waals surface area (Å²) in [5.41, 5.74) is 9.19.